The van der Waals surface area contributed by atoms with Crippen LogP contribution < -0.4 is 15.2 Å². The first-order valence-electron chi connectivity index (χ1n) is 6.10. The summed E-state index contributed by atoms with van der Waals surface area (Å²) in [6.07, 6.45) is 0. The van der Waals surface area contributed by atoms with Gasteiger partial charge in [0, 0.05) is 12.2 Å². The molecule has 0 fully saturated rings. The standard InChI is InChI=1S/C14H15FN2O3S/c1-20-14-7-6-12(8-13(14)15)21(18,19)17-9-10-2-4-11(16)5-3-10/h2-8,17H,9,16H2,1H3. The Bertz CT molecular complexity index is 730. The number of benzene rings is 2. The van der Waals surface area contributed by atoms with Gasteiger partial charge in [-0.05, 0) is 35.9 Å². The van der Waals surface area contributed by atoms with Crippen LogP contribution >= 0.6 is 0 Å². The second-order valence-corrected chi connectivity index (χ2v) is 6.13. The molecule has 2 rings (SSSR count). The fourth-order valence-electron chi connectivity index (χ4n) is 1.71. The molecule has 21 heavy (non-hydrogen) atoms. The number of nitrogens with two attached hydrogens (primary N) is 1. The summed E-state index contributed by atoms with van der Waals surface area (Å²) in [6, 6.07) is 10.3. The van der Waals surface area contributed by atoms with Crippen LogP contribution in [-0.2, 0) is 16.6 Å². The van der Waals surface area contributed by atoms with Crippen molar-refractivity contribution >= 4 is 15.7 Å². The lowest BCUT2D eigenvalue weighted by atomic mass is 10.2. The number of rotatable bonds is 5. The number of sulfonamides is 1. The van der Waals surface area contributed by atoms with Crippen molar-refractivity contribution < 1.29 is 17.5 Å². The fraction of sp³-hybridized carbons (Fsp3) is 0.143. The molecule has 0 aliphatic rings. The highest BCUT2D eigenvalue weighted by Gasteiger charge is 2.16. The minimum atomic E-state index is -3.79. The summed E-state index contributed by atoms with van der Waals surface area (Å²) in [5, 5.41) is 0. The molecular weight excluding hydrogens is 295 g/mol. The van der Waals surface area contributed by atoms with Crippen LogP contribution in [0.3, 0.4) is 0 Å². The second-order valence-electron chi connectivity index (χ2n) is 4.36. The Labute approximate surface area is 122 Å². The Kier molecular flexibility index (Phi) is 4.44. The van der Waals surface area contributed by atoms with Gasteiger partial charge >= 0.3 is 0 Å². The topological polar surface area (TPSA) is 81.4 Å². The molecule has 7 heteroatoms. The van der Waals surface area contributed by atoms with E-state index >= 15 is 0 Å². The Morgan fingerprint density at radius 3 is 2.43 bits per heavy atom. The van der Waals surface area contributed by atoms with Crippen molar-refractivity contribution in [3.63, 3.8) is 0 Å². The highest BCUT2D eigenvalue weighted by atomic mass is 32.2. The molecule has 5 nitrogen and oxygen atoms in total. The van der Waals surface area contributed by atoms with E-state index in [0.717, 1.165) is 11.6 Å². The van der Waals surface area contributed by atoms with E-state index in [0.29, 0.717) is 5.69 Å². The Morgan fingerprint density at radius 1 is 1.19 bits per heavy atom. The minimum absolute atomic E-state index is 0.00696. The molecule has 0 amide bonds. The van der Waals surface area contributed by atoms with Crippen molar-refractivity contribution in [2.24, 2.45) is 0 Å². The van der Waals surface area contributed by atoms with Crippen LogP contribution in [-0.4, -0.2) is 15.5 Å². The van der Waals surface area contributed by atoms with E-state index in [1.165, 1.54) is 19.2 Å². The van der Waals surface area contributed by atoms with Crippen molar-refractivity contribution in [2.45, 2.75) is 11.4 Å². The molecule has 3 N–H and O–H groups in total. The number of methoxy groups -OCH3 is 1. The first-order valence-corrected chi connectivity index (χ1v) is 7.58. The first kappa shape index (κ1) is 15.3. The molecule has 0 unspecified atom stereocenters. The molecule has 0 aliphatic carbocycles. The van der Waals surface area contributed by atoms with Gasteiger partial charge in [0.05, 0.1) is 12.0 Å². The maximum atomic E-state index is 13.6. The third kappa shape index (κ3) is 3.71. The van der Waals surface area contributed by atoms with Crippen molar-refractivity contribution in [2.75, 3.05) is 12.8 Å². The van der Waals surface area contributed by atoms with Crippen molar-refractivity contribution in [1.29, 1.82) is 0 Å². The van der Waals surface area contributed by atoms with Crippen molar-refractivity contribution in [3.8, 4) is 5.75 Å². The summed E-state index contributed by atoms with van der Waals surface area (Å²) < 4.78 is 44.9. The van der Waals surface area contributed by atoms with Gasteiger partial charge < -0.3 is 10.5 Å². The second kappa shape index (κ2) is 6.11. The summed E-state index contributed by atoms with van der Waals surface area (Å²) in [4.78, 5) is -0.156. The lowest BCUT2D eigenvalue weighted by molar-refractivity contribution is 0.385. The molecule has 0 saturated carbocycles. The van der Waals surface area contributed by atoms with Crippen LogP contribution in [0.25, 0.3) is 0 Å². The lowest BCUT2D eigenvalue weighted by Gasteiger charge is -2.08. The normalized spacial score (nSPS) is 11.3. The van der Waals surface area contributed by atoms with E-state index in [1.54, 1.807) is 24.3 Å². The monoisotopic (exact) mass is 310 g/mol. The van der Waals surface area contributed by atoms with Crippen LogP contribution in [0.15, 0.2) is 47.4 Å². The highest BCUT2D eigenvalue weighted by molar-refractivity contribution is 7.89. The molecule has 2 aromatic rings. The van der Waals surface area contributed by atoms with E-state index in [2.05, 4.69) is 4.72 Å². The van der Waals surface area contributed by atoms with Gasteiger partial charge in [0.1, 0.15) is 0 Å². The van der Waals surface area contributed by atoms with Crippen molar-refractivity contribution in [1.82, 2.24) is 4.72 Å². The molecule has 0 spiro atoms. The zero-order valence-corrected chi connectivity index (χ0v) is 12.2. The molecule has 0 bridgehead atoms. The number of nitrogen functional groups attached to an aromatic ring is 1. The third-order valence-electron chi connectivity index (χ3n) is 2.88. The molecule has 0 radical (unpaired) electrons. The molecule has 0 atom stereocenters. The molecule has 2 aromatic carbocycles. The summed E-state index contributed by atoms with van der Waals surface area (Å²) in [7, 11) is -2.48. The average molecular weight is 310 g/mol. The number of nitrogens with one attached hydrogen (secondary N) is 1. The SMILES string of the molecule is COc1ccc(S(=O)(=O)NCc2ccc(N)cc2)cc1F. The molecule has 0 saturated heterocycles. The Balaban J connectivity index is 2.14. The predicted molar refractivity (Wildman–Crippen MR) is 77.8 cm³/mol. The smallest absolute Gasteiger partial charge is 0.240 e. The summed E-state index contributed by atoms with van der Waals surface area (Å²) in [5.41, 5.74) is 6.90. The van der Waals surface area contributed by atoms with E-state index in [1.807, 2.05) is 0 Å². The van der Waals surface area contributed by atoms with Crippen molar-refractivity contribution in [3.05, 3.63) is 53.8 Å². The molecule has 112 valence electrons. The van der Waals surface area contributed by atoms with Crippen LogP contribution in [0.1, 0.15) is 5.56 Å². The average Bonchev–Trinajstić information content (AvgIpc) is 2.46. The van der Waals surface area contributed by atoms with Gasteiger partial charge in [0.2, 0.25) is 10.0 Å². The predicted octanol–water partition coefficient (Wildman–Crippen LogP) is 1.89. The Morgan fingerprint density at radius 2 is 1.86 bits per heavy atom. The third-order valence-corrected chi connectivity index (χ3v) is 4.28. The van der Waals surface area contributed by atoms with E-state index < -0.39 is 15.8 Å². The van der Waals surface area contributed by atoms with Gasteiger partial charge in [-0.25, -0.2) is 17.5 Å². The van der Waals surface area contributed by atoms with E-state index in [-0.39, 0.29) is 17.2 Å². The lowest BCUT2D eigenvalue weighted by Crippen LogP contribution is -2.23. The molecule has 0 heterocycles. The summed E-state index contributed by atoms with van der Waals surface area (Å²) in [5.74, 6) is -0.736. The van der Waals surface area contributed by atoms with Crippen LogP contribution in [0.2, 0.25) is 0 Å². The van der Waals surface area contributed by atoms with Gasteiger partial charge in [-0.2, -0.15) is 0 Å². The number of hydrogen-bond acceptors (Lipinski definition) is 4. The largest absolute Gasteiger partial charge is 0.494 e. The fourth-order valence-corrected chi connectivity index (χ4v) is 2.74. The summed E-state index contributed by atoms with van der Waals surface area (Å²) in [6.45, 7) is 0.0935. The molecule has 0 aliphatic heterocycles. The number of anilines is 1. The van der Waals surface area contributed by atoms with Crippen LogP contribution in [0.4, 0.5) is 10.1 Å². The zero-order valence-electron chi connectivity index (χ0n) is 11.3. The molecular formula is C14H15FN2O3S. The number of ether oxygens (including phenoxy) is 1. The van der Waals surface area contributed by atoms with E-state index in [4.69, 9.17) is 10.5 Å². The van der Waals surface area contributed by atoms with Gasteiger partial charge in [0.15, 0.2) is 11.6 Å². The Hall–Kier alpha value is -2.12. The van der Waals surface area contributed by atoms with Gasteiger partial charge in [-0.1, -0.05) is 12.1 Å². The van der Waals surface area contributed by atoms with Crippen LogP contribution in [0, 0.1) is 5.82 Å². The van der Waals surface area contributed by atoms with Gasteiger partial charge in [0.25, 0.3) is 0 Å². The maximum absolute atomic E-state index is 13.6. The van der Waals surface area contributed by atoms with Crippen LogP contribution in [0.5, 0.6) is 5.75 Å². The molecule has 0 aromatic heterocycles. The zero-order chi connectivity index (χ0) is 15.5. The number of hydrogen-bond donors (Lipinski definition) is 2. The summed E-state index contributed by atoms with van der Waals surface area (Å²) >= 11 is 0. The minimum Gasteiger partial charge on any atom is -0.494 e. The van der Waals surface area contributed by atoms with Gasteiger partial charge in [-0.15, -0.1) is 0 Å². The van der Waals surface area contributed by atoms with E-state index in [9.17, 15) is 12.8 Å². The first-order chi connectivity index (χ1) is 9.92. The maximum Gasteiger partial charge on any atom is 0.240 e. The van der Waals surface area contributed by atoms with Gasteiger partial charge in [-0.3, -0.25) is 0 Å². The highest BCUT2D eigenvalue weighted by Crippen LogP contribution is 2.20. The number of halogens is 1. The quantitative estimate of drug-likeness (QED) is 0.826.